The van der Waals surface area contributed by atoms with E-state index >= 15 is 0 Å². The standard InChI is InChI=1S/C33H46N2O11/c1-40-14-15-42-18-19-44-22-23-45-21-20-43-17-16-41-13-12-34-32(38)30(10-11-31(36)37)35-33(39)46-24-29-27-8-4-2-6-25(27)26-7-3-5-9-28(26)29/h2-9,29-30H,10-24H2,1H3,(H,34,38)(H,35,39)(H,36,37)/t30-/m0/s1. The zero-order valence-electron chi connectivity index (χ0n) is 26.4. The molecule has 1 aliphatic rings. The van der Waals surface area contributed by atoms with Crippen molar-refractivity contribution >= 4 is 18.0 Å². The van der Waals surface area contributed by atoms with Crippen molar-refractivity contribution in [3.05, 3.63) is 59.7 Å². The summed E-state index contributed by atoms with van der Waals surface area (Å²) in [7, 11) is 1.62. The van der Waals surface area contributed by atoms with E-state index in [-0.39, 0.29) is 38.5 Å². The number of benzene rings is 2. The highest BCUT2D eigenvalue weighted by molar-refractivity contribution is 5.86. The van der Waals surface area contributed by atoms with Crippen molar-refractivity contribution in [3.63, 3.8) is 0 Å². The summed E-state index contributed by atoms with van der Waals surface area (Å²) in [6, 6.07) is 14.9. The molecule has 2 amide bonds. The lowest BCUT2D eigenvalue weighted by Gasteiger charge is -2.19. The fourth-order valence-electron chi connectivity index (χ4n) is 4.81. The third-order valence-corrected chi connectivity index (χ3v) is 7.06. The highest BCUT2D eigenvalue weighted by atomic mass is 16.6. The minimum absolute atomic E-state index is 0.0788. The van der Waals surface area contributed by atoms with E-state index in [9.17, 15) is 14.4 Å². The maximum atomic E-state index is 12.8. The summed E-state index contributed by atoms with van der Waals surface area (Å²) in [6.45, 7) is 5.04. The largest absolute Gasteiger partial charge is 0.481 e. The van der Waals surface area contributed by atoms with Crippen LogP contribution in [0.5, 0.6) is 0 Å². The molecular formula is C33H46N2O11. The lowest BCUT2D eigenvalue weighted by atomic mass is 9.98. The van der Waals surface area contributed by atoms with E-state index in [0.717, 1.165) is 22.3 Å². The van der Waals surface area contributed by atoms with Gasteiger partial charge in [0.15, 0.2) is 0 Å². The minimum Gasteiger partial charge on any atom is -0.481 e. The molecule has 13 heteroatoms. The van der Waals surface area contributed by atoms with Crippen LogP contribution in [0.4, 0.5) is 4.79 Å². The first-order chi connectivity index (χ1) is 22.5. The van der Waals surface area contributed by atoms with Crippen molar-refractivity contribution in [2.75, 3.05) is 92.9 Å². The lowest BCUT2D eigenvalue weighted by molar-refractivity contribution is -0.137. The van der Waals surface area contributed by atoms with Crippen LogP contribution in [0.3, 0.4) is 0 Å². The lowest BCUT2D eigenvalue weighted by Crippen LogP contribution is -2.48. The Morgan fingerprint density at radius 2 is 1.20 bits per heavy atom. The summed E-state index contributed by atoms with van der Waals surface area (Å²) in [6.07, 6.45) is -1.17. The van der Waals surface area contributed by atoms with Gasteiger partial charge in [0, 0.05) is 26.0 Å². The first kappa shape index (κ1) is 36.9. The highest BCUT2D eigenvalue weighted by Crippen LogP contribution is 2.44. The Morgan fingerprint density at radius 1 is 0.717 bits per heavy atom. The molecule has 0 saturated heterocycles. The predicted octanol–water partition coefficient (Wildman–Crippen LogP) is 2.60. The van der Waals surface area contributed by atoms with Crippen molar-refractivity contribution in [2.45, 2.75) is 24.8 Å². The molecule has 3 rings (SSSR count). The number of ether oxygens (including phenoxy) is 7. The summed E-state index contributed by atoms with van der Waals surface area (Å²) in [4.78, 5) is 36.6. The molecule has 0 aliphatic heterocycles. The van der Waals surface area contributed by atoms with E-state index < -0.39 is 24.0 Å². The quantitative estimate of drug-likeness (QED) is 0.136. The summed E-state index contributed by atoms with van der Waals surface area (Å²) in [5.41, 5.74) is 4.32. The minimum atomic E-state index is -1.08. The van der Waals surface area contributed by atoms with Crippen LogP contribution in [0.15, 0.2) is 48.5 Å². The van der Waals surface area contributed by atoms with E-state index in [2.05, 4.69) is 10.6 Å². The van der Waals surface area contributed by atoms with Crippen LogP contribution in [0.1, 0.15) is 29.9 Å². The topological polar surface area (TPSA) is 160 Å². The van der Waals surface area contributed by atoms with Gasteiger partial charge in [0.05, 0.1) is 72.7 Å². The van der Waals surface area contributed by atoms with Gasteiger partial charge in [-0.25, -0.2) is 4.79 Å². The molecule has 0 unspecified atom stereocenters. The number of nitrogens with one attached hydrogen (secondary N) is 2. The number of hydrogen-bond donors (Lipinski definition) is 3. The average Bonchev–Trinajstić information content (AvgIpc) is 3.38. The maximum absolute atomic E-state index is 12.8. The van der Waals surface area contributed by atoms with Crippen LogP contribution < -0.4 is 10.6 Å². The van der Waals surface area contributed by atoms with Crippen molar-refractivity contribution in [2.24, 2.45) is 0 Å². The van der Waals surface area contributed by atoms with E-state index in [1.54, 1.807) is 7.11 Å². The number of alkyl carbamates (subject to hydrolysis) is 1. The van der Waals surface area contributed by atoms with E-state index in [4.69, 9.17) is 38.3 Å². The third kappa shape index (κ3) is 13.4. The van der Waals surface area contributed by atoms with E-state index in [1.165, 1.54) is 0 Å². The maximum Gasteiger partial charge on any atom is 0.407 e. The summed E-state index contributed by atoms with van der Waals surface area (Å²) >= 11 is 0. The number of hydrogen-bond acceptors (Lipinski definition) is 10. The van der Waals surface area contributed by atoms with Crippen LogP contribution in [0, 0.1) is 0 Å². The molecule has 13 nitrogen and oxygen atoms in total. The van der Waals surface area contributed by atoms with Crippen LogP contribution in [-0.4, -0.2) is 122 Å². The Hall–Kier alpha value is -3.59. The van der Waals surface area contributed by atoms with Crippen LogP contribution in [0.2, 0.25) is 0 Å². The van der Waals surface area contributed by atoms with Crippen molar-refractivity contribution < 1.29 is 52.6 Å². The molecule has 1 atom stereocenters. The molecule has 254 valence electrons. The predicted molar refractivity (Wildman–Crippen MR) is 168 cm³/mol. The average molecular weight is 647 g/mol. The molecule has 0 radical (unpaired) electrons. The number of rotatable bonds is 25. The molecule has 2 aromatic rings. The van der Waals surface area contributed by atoms with Gasteiger partial charge in [-0.2, -0.15) is 0 Å². The zero-order chi connectivity index (χ0) is 32.8. The summed E-state index contributed by atoms with van der Waals surface area (Å²) in [5, 5.41) is 14.3. The molecule has 0 saturated carbocycles. The van der Waals surface area contributed by atoms with Gasteiger partial charge in [-0.05, 0) is 28.7 Å². The molecule has 0 bridgehead atoms. The van der Waals surface area contributed by atoms with Crippen LogP contribution in [0.25, 0.3) is 11.1 Å². The number of amides is 2. The van der Waals surface area contributed by atoms with Gasteiger partial charge in [0.25, 0.3) is 0 Å². The number of carboxylic acid groups (broad SMARTS) is 1. The van der Waals surface area contributed by atoms with Crippen LogP contribution >= 0.6 is 0 Å². The van der Waals surface area contributed by atoms with Crippen molar-refractivity contribution in [1.82, 2.24) is 10.6 Å². The third-order valence-electron chi connectivity index (χ3n) is 7.06. The molecule has 0 fully saturated rings. The molecule has 1 aliphatic carbocycles. The number of carbonyl (C=O) groups is 3. The van der Waals surface area contributed by atoms with Gasteiger partial charge in [0.1, 0.15) is 12.6 Å². The molecule has 0 aromatic heterocycles. The smallest absolute Gasteiger partial charge is 0.407 e. The van der Waals surface area contributed by atoms with Gasteiger partial charge < -0.3 is 48.9 Å². The number of carbonyl (C=O) groups excluding carboxylic acids is 2. The Balaban J connectivity index is 1.26. The van der Waals surface area contributed by atoms with Gasteiger partial charge in [-0.1, -0.05) is 48.5 Å². The number of aliphatic carboxylic acids is 1. The fraction of sp³-hybridized carbons (Fsp3) is 0.545. The summed E-state index contributed by atoms with van der Waals surface area (Å²) < 4.78 is 37.5. The SMILES string of the molecule is COCCOCCOCCOCCOCCOCCNC(=O)[C@H](CCC(=O)O)NC(=O)OCC1c2ccccc2-c2ccccc21. The van der Waals surface area contributed by atoms with E-state index in [0.29, 0.717) is 66.1 Å². The first-order valence-electron chi connectivity index (χ1n) is 15.5. The van der Waals surface area contributed by atoms with Crippen molar-refractivity contribution in [3.8, 4) is 11.1 Å². The van der Waals surface area contributed by atoms with E-state index in [1.807, 2.05) is 48.5 Å². The van der Waals surface area contributed by atoms with Gasteiger partial charge >= 0.3 is 12.1 Å². The fourth-order valence-corrected chi connectivity index (χ4v) is 4.81. The Morgan fingerprint density at radius 3 is 1.70 bits per heavy atom. The Kier molecular flexibility index (Phi) is 17.7. The first-order valence-corrected chi connectivity index (χ1v) is 15.5. The number of carboxylic acids is 1. The summed E-state index contributed by atoms with van der Waals surface area (Å²) in [5.74, 6) is -1.73. The number of methoxy groups -OCH3 is 1. The second-order valence-electron chi connectivity index (χ2n) is 10.3. The normalized spacial score (nSPS) is 12.7. The molecule has 2 aromatic carbocycles. The monoisotopic (exact) mass is 646 g/mol. The van der Waals surface area contributed by atoms with Gasteiger partial charge in [-0.15, -0.1) is 0 Å². The second-order valence-corrected chi connectivity index (χ2v) is 10.3. The second kappa shape index (κ2) is 22.0. The Labute approximate surface area is 269 Å². The highest BCUT2D eigenvalue weighted by Gasteiger charge is 2.30. The number of fused-ring (bicyclic) bond motifs is 3. The van der Waals surface area contributed by atoms with Crippen LogP contribution in [-0.2, 0) is 42.7 Å². The van der Waals surface area contributed by atoms with Gasteiger partial charge in [-0.3, -0.25) is 9.59 Å². The molecule has 3 N–H and O–H groups in total. The molecule has 46 heavy (non-hydrogen) atoms. The zero-order valence-corrected chi connectivity index (χ0v) is 26.4. The van der Waals surface area contributed by atoms with Crippen molar-refractivity contribution in [1.29, 1.82) is 0 Å². The molecular weight excluding hydrogens is 600 g/mol. The molecule has 0 spiro atoms. The molecule has 0 heterocycles. The Bertz CT molecular complexity index is 1150. The van der Waals surface area contributed by atoms with Gasteiger partial charge in [0.2, 0.25) is 5.91 Å².